The molecule has 1 N–H and O–H groups in total. The molecule has 0 fully saturated rings. The van der Waals surface area contributed by atoms with Gasteiger partial charge in [-0.2, -0.15) is 0 Å². The Kier molecular flexibility index (Phi) is 9.04. The number of hydrogen-bond acceptors (Lipinski definition) is 3. The Hall–Kier alpha value is -1.64. The van der Waals surface area contributed by atoms with E-state index in [1.54, 1.807) is 12.1 Å². The van der Waals surface area contributed by atoms with Gasteiger partial charge >= 0.3 is 0 Å². The minimum Gasteiger partial charge on any atom is -0.361 e. The van der Waals surface area contributed by atoms with E-state index < -0.39 is 0 Å². The number of rotatable bonds is 6. The number of aromatic nitrogens is 1. The molecule has 1 unspecified atom stereocenters. The molecule has 0 aliphatic rings. The van der Waals surface area contributed by atoms with Crippen LogP contribution in [0.1, 0.15) is 42.3 Å². The monoisotopic (exact) mass is 474 g/mol. The second-order valence-electron chi connectivity index (χ2n) is 6.32. The Morgan fingerprint density at radius 1 is 1.38 bits per heavy atom. The zero-order valence-corrected chi connectivity index (χ0v) is 18.4. The van der Waals surface area contributed by atoms with Crippen molar-refractivity contribution in [1.82, 2.24) is 15.4 Å². The molecule has 2 aromatic rings. The predicted molar refractivity (Wildman–Crippen MR) is 114 cm³/mol. The molecule has 0 aliphatic heterocycles. The molecular formula is C19H28FIN4O. The normalized spacial score (nSPS) is 12.5. The molecule has 5 nitrogen and oxygen atoms in total. The second kappa shape index (κ2) is 10.5. The zero-order chi connectivity index (χ0) is 18.4. The zero-order valence-electron chi connectivity index (χ0n) is 16.0. The van der Waals surface area contributed by atoms with Gasteiger partial charge in [0.25, 0.3) is 0 Å². The summed E-state index contributed by atoms with van der Waals surface area (Å²) < 4.78 is 18.6. The van der Waals surface area contributed by atoms with Crippen LogP contribution < -0.4 is 5.32 Å². The van der Waals surface area contributed by atoms with Gasteiger partial charge < -0.3 is 14.7 Å². The van der Waals surface area contributed by atoms with Crippen molar-refractivity contribution in [3.63, 3.8) is 0 Å². The smallest absolute Gasteiger partial charge is 0.193 e. The van der Waals surface area contributed by atoms with Gasteiger partial charge in [-0.15, -0.1) is 24.0 Å². The van der Waals surface area contributed by atoms with E-state index in [1.165, 1.54) is 6.07 Å². The van der Waals surface area contributed by atoms with Gasteiger partial charge in [0, 0.05) is 38.2 Å². The number of halogens is 2. The number of aryl methyl sites for hydroxylation is 2. The Balaban J connectivity index is 0.00000338. The van der Waals surface area contributed by atoms with Crippen LogP contribution >= 0.6 is 24.0 Å². The van der Waals surface area contributed by atoms with E-state index in [0.717, 1.165) is 35.1 Å². The fourth-order valence-corrected chi connectivity index (χ4v) is 2.96. The van der Waals surface area contributed by atoms with Crippen LogP contribution in [0.4, 0.5) is 4.39 Å². The van der Waals surface area contributed by atoms with E-state index in [9.17, 15) is 4.39 Å². The summed E-state index contributed by atoms with van der Waals surface area (Å²) in [7, 11) is 1.95. The van der Waals surface area contributed by atoms with Crippen LogP contribution in [0.5, 0.6) is 0 Å². The van der Waals surface area contributed by atoms with Crippen molar-refractivity contribution in [2.45, 2.75) is 40.2 Å². The quantitative estimate of drug-likeness (QED) is 0.387. The molecule has 0 bridgehead atoms. The minimum absolute atomic E-state index is 0. The molecule has 1 atom stereocenters. The molecule has 0 saturated heterocycles. The van der Waals surface area contributed by atoms with Crippen LogP contribution in [0.25, 0.3) is 0 Å². The highest BCUT2D eigenvalue weighted by Gasteiger charge is 2.17. The topological polar surface area (TPSA) is 53.7 Å². The van der Waals surface area contributed by atoms with E-state index in [2.05, 4.69) is 17.4 Å². The molecule has 1 aromatic heterocycles. The second-order valence-corrected chi connectivity index (χ2v) is 6.32. The molecule has 7 heteroatoms. The number of nitrogens with zero attached hydrogens (tertiary/aromatic N) is 3. The van der Waals surface area contributed by atoms with Crippen molar-refractivity contribution in [1.29, 1.82) is 0 Å². The van der Waals surface area contributed by atoms with Gasteiger partial charge in [0.15, 0.2) is 5.96 Å². The third-order valence-corrected chi connectivity index (χ3v) is 4.10. The maximum Gasteiger partial charge on any atom is 0.193 e. The summed E-state index contributed by atoms with van der Waals surface area (Å²) in [6.07, 6.45) is 0. The van der Waals surface area contributed by atoms with Gasteiger partial charge in [0.2, 0.25) is 0 Å². The van der Waals surface area contributed by atoms with E-state index >= 15 is 0 Å². The number of hydrogen-bond donors (Lipinski definition) is 1. The number of benzene rings is 1. The van der Waals surface area contributed by atoms with Gasteiger partial charge in [0.1, 0.15) is 11.6 Å². The SMILES string of the molecule is CCNC(=NCC(C)c1c(C)noc1C)N(C)Cc1cccc(F)c1.I. The van der Waals surface area contributed by atoms with E-state index in [4.69, 9.17) is 9.52 Å². The number of nitrogens with one attached hydrogen (secondary N) is 1. The van der Waals surface area contributed by atoms with Crippen LogP contribution in [0.15, 0.2) is 33.8 Å². The van der Waals surface area contributed by atoms with E-state index in [-0.39, 0.29) is 35.7 Å². The van der Waals surface area contributed by atoms with Crippen molar-refractivity contribution in [3.8, 4) is 0 Å². The Bertz CT molecular complexity index is 713. The van der Waals surface area contributed by atoms with Gasteiger partial charge in [-0.1, -0.05) is 24.2 Å². The molecule has 0 radical (unpaired) electrons. The Morgan fingerprint density at radius 2 is 2.12 bits per heavy atom. The molecule has 1 heterocycles. The van der Waals surface area contributed by atoms with Gasteiger partial charge in [-0.05, 0) is 38.5 Å². The van der Waals surface area contributed by atoms with E-state index in [1.807, 2.05) is 38.8 Å². The van der Waals surface area contributed by atoms with Gasteiger partial charge in [0.05, 0.1) is 5.69 Å². The van der Waals surface area contributed by atoms with Crippen molar-refractivity contribution in [2.75, 3.05) is 20.1 Å². The first-order valence-electron chi connectivity index (χ1n) is 8.59. The Labute approximate surface area is 172 Å². The molecule has 1 aromatic carbocycles. The lowest BCUT2D eigenvalue weighted by molar-refractivity contribution is 0.391. The minimum atomic E-state index is -0.222. The van der Waals surface area contributed by atoms with Gasteiger partial charge in [-0.3, -0.25) is 4.99 Å². The van der Waals surface area contributed by atoms with Crippen molar-refractivity contribution < 1.29 is 8.91 Å². The van der Waals surface area contributed by atoms with Crippen LogP contribution in [-0.2, 0) is 6.54 Å². The first-order valence-corrected chi connectivity index (χ1v) is 8.59. The van der Waals surface area contributed by atoms with Crippen LogP contribution in [0.3, 0.4) is 0 Å². The lowest BCUT2D eigenvalue weighted by Crippen LogP contribution is -2.38. The number of guanidine groups is 1. The lowest BCUT2D eigenvalue weighted by atomic mass is 10.00. The van der Waals surface area contributed by atoms with Crippen LogP contribution in [0, 0.1) is 19.7 Å². The molecular weight excluding hydrogens is 446 g/mol. The van der Waals surface area contributed by atoms with Crippen molar-refractivity contribution in [3.05, 3.63) is 52.7 Å². The highest BCUT2D eigenvalue weighted by atomic mass is 127. The fourth-order valence-electron chi connectivity index (χ4n) is 2.96. The van der Waals surface area contributed by atoms with Gasteiger partial charge in [-0.25, -0.2) is 4.39 Å². The van der Waals surface area contributed by atoms with Crippen LogP contribution in [-0.4, -0.2) is 36.2 Å². The van der Waals surface area contributed by atoms with Crippen molar-refractivity contribution in [2.24, 2.45) is 4.99 Å². The van der Waals surface area contributed by atoms with E-state index in [0.29, 0.717) is 13.1 Å². The maximum absolute atomic E-state index is 13.4. The molecule has 2 rings (SSSR count). The molecule has 26 heavy (non-hydrogen) atoms. The largest absolute Gasteiger partial charge is 0.361 e. The summed E-state index contributed by atoms with van der Waals surface area (Å²) in [5.74, 6) is 1.63. The highest BCUT2D eigenvalue weighted by Crippen LogP contribution is 2.23. The standard InChI is InChI=1S/C19H27FN4O.HI/c1-6-21-19(24(5)12-16-8-7-9-17(20)10-16)22-11-13(2)18-14(3)23-25-15(18)4;/h7-10,13H,6,11-12H2,1-5H3,(H,21,22);1H. The highest BCUT2D eigenvalue weighted by molar-refractivity contribution is 14.0. The first kappa shape index (κ1) is 22.4. The van der Waals surface area contributed by atoms with Crippen molar-refractivity contribution >= 4 is 29.9 Å². The molecule has 0 saturated carbocycles. The predicted octanol–water partition coefficient (Wildman–Crippen LogP) is 4.25. The summed E-state index contributed by atoms with van der Waals surface area (Å²) >= 11 is 0. The summed E-state index contributed by atoms with van der Waals surface area (Å²) in [4.78, 5) is 6.74. The summed E-state index contributed by atoms with van der Waals surface area (Å²) in [5.41, 5.74) is 2.94. The number of aliphatic imine (C=N–C) groups is 1. The third-order valence-electron chi connectivity index (χ3n) is 4.10. The first-order chi connectivity index (χ1) is 11.9. The molecule has 0 amide bonds. The summed E-state index contributed by atoms with van der Waals surface area (Å²) in [6, 6.07) is 6.64. The average Bonchev–Trinajstić information content (AvgIpc) is 2.90. The summed E-state index contributed by atoms with van der Waals surface area (Å²) in [6.45, 7) is 10.0. The molecule has 0 aliphatic carbocycles. The fraction of sp³-hybridized carbons (Fsp3) is 0.474. The van der Waals surface area contributed by atoms with Crippen LogP contribution in [0.2, 0.25) is 0 Å². The summed E-state index contributed by atoms with van der Waals surface area (Å²) in [5, 5.41) is 7.31. The Morgan fingerprint density at radius 3 is 2.69 bits per heavy atom. The average molecular weight is 474 g/mol. The third kappa shape index (κ3) is 5.96. The molecule has 0 spiro atoms. The molecule has 144 valence electrons. The maximum atomic E-state index is 13.4. The lowest BCUT2D eigenvalue weighted by Gasteiger charge is -2.23.